The van der Waals surface area contributed by atoms with Gasteiger partial charge in [0.15, 0.2) is 0 Å². The maximum absolute atomic E-state index is 11.5. The molecule has 5 nitrogen and oxygen atoms in total. The van der Waals surface area contributed by atoms with Gasteiger partial charge in [-0.05, 0) is 59.7 Å². The Bertz CT molecular complexity index is 302. The van der Waals surface area contributed by atoms with Gasteiger partial charge in [0.1, 0.15) is 5.60 Å². The summed E-state index contributed by atoms with van der Waals surface area (Å²) in [6.45, 7) is 7.89. The summed E-state index contributed by atoms with van der Waals surface area (Å²) in [7, 11) is 2.09. The van der Waals surface area contributed by atoms with Crippen LogP contribution in [0.3, 0.4) is 0 Å². The lowest BCUT2D eigenvalue weighted by Crippen LogP contribution is -2.41. The Labute approximate surface area is 109 Å². The predicted octanol–water partition coefficient (Wildman–Crippen LogP) is 0.786. The van der Waals surface area contributed by atoms with Crippen molar-refractivity contribution < 1.29 is 14.3 Å². The van der Waals surface area contributed by atoms with Gasteiger partial charge < -0.3 is 15.0 Å². The van der Waals surface area contributed by atoms with Crippen molar-refractivity contribution in [3.8, 4) is 0 Å². The van der Waals surface area contributed by atoms with Gasteiger partial charge in [0.2, 0.25) is 0 Å². The Morgan fingerprint density at radius 1 is 1.28 bits per heavy atom. The number of likely N-dealkylation sites (tertiary alicyclic amines) is 1. The summed E-state index contributed by atoms with van der Waals surface area (Å²) < 4.78 is 5.00. The van der Waals surface area contributed by atoms with Crippen LogP contribution in [-0.4, -0.2) is 49.1 Å². The lowest BCUT2D eigenvalue weighted by Gasteiger charge is -2.28. The average Bonchev–Trinajstić information content (AvgIpc) is 2.25. The normalized spacial score (nSPS) is 18.4. The van der Waals surface area contributed by atoms with Gasteiger partial charge in [-0.1, -0.05) is 0 Å². The van der Waals surface area contributed by atoms with Gasteiger partial charge >= 0.3 is 11.9 Å². The smallest absolute Gasteiger partial charge is 0.397 e. The number of hydrogen-bond donors (Lipinski definition) is 1. The molecule has 1 aliphatic heterocycles. The van der Waals surface area contributed by atoms with Crippen molar-refractivity contribution in [3.63, 3.8) is 0 Å². The largest absolute Gasteiger partial charge is 0.453 e. The first-order valence-corrected chi connectivity index (χ1v) is 6.47. The van der Waals surface area contributed by atoms with Crippen LogP contribution in [0.25, 0.3) is 0 Å². The lowest BCUT2D eigenvalue weighted by atomic mass is 9.97. The predicted molar refractivity (Wildman–Crippen MR) is 69.1 cm³/mol. The van der Waals surface area contributed by atoms with Gasteiger partial charge in [0, 0.05) is 6.54 Å². The topological polar surface area (TPSA) is 58.6 Å². The summed E-state index contributed by atoms with van der Waals surface area (Å²) >= 11 is 0. The minimum absolute atomic E-state index is 0.465. The summed E-state index contributed by atoms with van der Waals surface area (Å²) in [5.41, 5.74) is -0.623. The summed E-state index contributed by atoms with van der Waals surface area (Å²) in [5, 5.41) is 2.66. The van der Waals surface area contributed by atoms with Crippen molar-refractivity contribution >= 4 is 11.9 Å². The minimum Gasteiger partial charge on any atom is -0.453 e. The van der Waals surface area contributed by atoms with Crippen LogP contribution in [0.4, 0.5) is 0 Å². The van der Waals surface area contributed by atoms with E-state index in [1.807, 2.05) is 0 Å². The van der Waals surface area contributed by atoms with Crippen LogP contribution in [0.15, 0.2) is 0 Å². The first-order valence-electron chi connectivity index (χ1n) is 6.47. The molecule has 1 saturated heterocycles. The number of rotatable bonds is 2. The highest BCUT2D eigenvalue weighted by molar-refractivity contribution is 6.32. The fraction of sp³-hybridized carbons (Fsp3) is 0.846. The summed E-state index contributed by atoms with van der Waals surface area (Å²) in [4.78, 5) is 25.2. The maximum Gasteiger partial charge on any atom is 0.397 e. The van der Waals surface area contributed by atoms with Crippen molar-refractivity contribution in [1.29, 1.82) is 0 Å². The standard InChI is InChI=1S/C13H24N2O3/c1-13(2,3)18-12(17)11(16)14-9-10-5-7-15(4)8-6-10/h10H,5-9H2,1-4H3,(H,14,16). The maximum atomic E-state index is 11.5. The highest BCUT2D eigenvalue weighted by Gasteiger charge is 2.24. The lowest BCUT2D eigenvalue weighted by molar-refractivity contribution is -0.163. The summed E-state index contributed by atoms with van der Waals surface area (Å²) in [5.74, 6) is -0.966. The second kappa shape index (κ2) is 6.18. The Morgan fingerprint density at radius 3 is 2.33 bits per heavy atom. The molecular formula is C13H24N2O3. The van der Waals surface area contributed by atoms with Crippen molar-refractivity contribution in [2.45, 2.75) is 39.2 Å². The van der Waals surface area contributed by atoms with Crippen LogP contribution in [0.5, 0.6) is 0 Å². The van der Waals surface area contributed by atoms with E-state index in [4.69, 9.17) is 4.74 Å². The molecule has 18 heavy (non-hydrogen) atoms. The third-order valence-corrected chi connectivity index (χ3v) is 2.97. The van der Waals surface area contributed by atoms with Gasteiger partial charge in [-0.2, -0.15) is 0 Å². The number of carbonyl (C=O) groups excluding carboxylic acids is 2. The number of hydrogen-bond acceptors (Lipinski definition) is 4. The van der Waals surface area contributed by atoms with Crippen LogP contribution in [-0.2, 0) is 14.3 Å². The minimum atomic E-state index is -0.796. The van der Waals surface area contributed by atoms with E-state index < -0.39 is 17.5 Å². The van der Waals surface area contributed by atoms with E-state index in [0.29, 0.717) is 12.5 Å². The fourth-order valence-electron chi connectivity index (χ4n) is 1.90. The molecule has 0 bridgehead atoms. The van der Waals surface area contributed by atoms with Crippen molar-refractivity contribution in [3.05, 3.63) is 0 Å². The molecular weight excluding hydrogens is 232 g/mol. The number of carbonyl (C=O) groups is 2. The number of ether oxygens (including phenoxy) is 1. The zero-order valence-electron chi connectivity index (χ0n) is 11.8. The number of piperidine rings is 1. The second-order valence-electron chi connectivity index (χ2n) is 5.96. The third kappa shape index (κ3) is 5.49. The molecule has 0 saturated carbocycles. The van der Waals surface area contributed by atoms with E-state index in [2.05, 4.69) is 17.3 Å². The molecule has 1 N–H and O–H groups in total. The Morgan fingerprint density at radius 2 is 1.83 bits per heavy atom. The van der Waals surface area contributed by atoms with Crippen LogP contribution >= 0.6 is 0 Å². The van der Waals surface area contributed by atoms with Crippen molar-refractivity contribution in [2.75, 3.05) is 26.7 Å². The molecule has 1 heterocycles. The van der Waals surface area contributed by atoms with Gasteiger partial charge in [-0.3, -0.25) is 4.79 Å². The molecule has 5 heteroatoms. The molecule has 0 aromatic heterocycles. The molecule has 0 spiro atoms. The van der Waals surface area contributed by atoms with Crippen LogP contribution in [0.1, 0.15) is 33.6 Å². The number of esters is 1. The van der Waals surface area contributed by atoms with Gasteiger partial charge in [0.05, 0.1) is 0 Å². The number of amides is 1. The van der Waals surface area contributed by atoms with E-state index in [0.717, 1.165) is 25.9 Å². The summed E-state index contributed by atoms with van der Waals surface area (Å²) in [6, 6.07) is 0. The SMILES string of the molecule is CN1CCC(CNC(=O)C(=O)OC(C)(C)C)CC1. The Balaban J connectivity index is 2.26. The Kier molecular flexibility index (Phi) is 5.14. The van der Waals surface area contributed by atoms with E-state index >= 15 is 0 Å². The first kappa shape index (κ1) is 15.0. The molecule has 1 fully saturated rings. The highest BCUT2D eigenvalue weighted by Crippen LogP contribution is 2.14. The van der Waals surface area contributed by atoms with E-state index in [1.54, 1.807) is 20.8 Å². The molecule has 0 aromatic rings. The van der Waals surface area contributed by atoms with Crippen molar-refractivity contribution in [1.82, 2.24) is 10.2 Å². The molecule has 1 rings (SSSR count). The fourth-order valence-corrected chi connectivity index (χ4v) is 1.90. The first-order chi connectivity index (χ1) is 8.28. The third-order valence-electron chi connectivity index (χ3n) is 2.97. The van der Waals surface area contributed by atoms with Gasteiger partial charge in [0.25, 0.3) is 0 Å². The molecule has 0 aromatic carbocycles. The van der Waals surface area contributed by atoms with E-state index in [-0.39, 0.29) is 0 Å². The molecule has 0 unspecified atom stereocenters. The molecule has 0 radical (unpaired) electrons. The summed E-state index contributed by atoms with van der Waals surface area (Å²) in [6.07, 6.45) is 2.12. The zero-order valence-corrected chi connectivity index (χ0v) is 11.8. The Hall–Kier alpha value is -1.10. The van der Waals surface area contributed by atoms with E-state index in [1.165, 1.54) is 0 Å². The van der Waals surface area contributed by atoms with Crippen molar-refractivity contribution in [2.24, 2.45) is 5.92 Å². The second-order valence-corrected chi connectivity index (χ2v) is 5.96. The zero-order chi connectivity index (χ0) is 13.8. The van der Waals surface area contributed by atoms with E-state index in [9.17, 15) is 9.59 Å². The monoisotopic (exact) mass is 256 g/mol. The van der Waals surface area contributed by atoms with Gasteiger partial charge in [-0.25, -0.2) is 4.79 Å². The average molecular weight is 256 g/mol. The molecule has 1 aliphatic rings. The van der Waals surface area contributed by atoms with Crippen LogP contribution in [0, 0.1) is 5.92 Å². The molecule has 104 valence electrons. The highest BCUT2D eigenvalue weighted by atomic mass is 16.6. The molecule has 0 aliphatic carbocycles. The van der Waals surface area contributed by atoms with Gasteiger partial charge in [-0.15, -0.1) is 0 Å². The quantitative estimate of drug-likeness (QED) is 0.586. The molecule has 1 amide bonds. The number of nitrogens with one attached hydrogen (secondary N) is 1. The van der Waals surface area contributed by atoms with Crippen LogP contribution < -0.4 is 5.32 Å². The molecule has 0 atom stereocenters. The number of nitrogens with zero attached hydrogens (tertiary/aromatic N) is 1. The van der Waals surface area contributed by atoms with Crippen LogP contribution in [0.2, 0.25) is 0 Å².